The summed E-state index contributed by atoms with van der Waals surface area (Å²) < 4.78 is 5.09. The third-order valence-corrected chi connectivity index (χ3v) is 4.24. The number of carbonyl (C=O) groups excluding carboxylic acids is 1. The first-order valence-electron chi connectivity index (χ1n) is 7.37. The monoisotopic (exact) mass is 351 g/mol. The van der Waals surface area contributed by atoms with Crippen LogP contribution in [0.15, 0.2) is 29.3 Å². The number of amides is 1. The number of aliphatic carboxylic acids is 1. The Balaban J connectivity index is 2.03. The molecule has 8 heteroatoms. The van der Waals surface area contributed by atoms with Crippen LogP contribution in [0.2, 0.25) is 0 Å². The molecule has 7 nitrogen and oxygen atoms in total. The molecule has 0 fully saturated rings. The summed E-state index contributed by atoms with van der Waals surface area (Å²) in [6.45, 7) is 5.14. The van der Waals surface area contributed by atoms with Crippen LogP contribution in [-0.2, 0) is 9.53 Å². The van der Waals surface area contributed by atoms with Gasteiger partial charge in [0.05, 0.1) is 0 Å². The maximum Gasteiger partial charge on any atom is 0.408 e. The summed E-state index contributed by atoms with van der Waals surface area (Å²) in [6, 6.07) is 4.51. The van der Waals surface area contributed by atoms with Crippen molar-refractivity contribution in [3.63, 3.8) is 0 Å². The van der Waals surface area contributed by atoms with Gasteiger partial charge in [-0.1, -0.05) is 0 Å². The van der Waals surface area contributed by atoms with Crippen LogP contribution in [0.1, 0.15) is 20.8 Å². The van der Waals surface area contributed by atoms with Gasteiger partial charge in [-0.25, -0.2) is 9.59 Å². The molecule has 0 saturated heterocycles. The minimum absolute atomic E-state index is 0.130. The second-order valence-corrected chi connectivity index (χ2v) is 7.36. The van der Waals surface area contributed by atoms with Crippen LogP contribution >= 0.6 is 11.8 Å². The predicted octanol–water partition coefficient (Wildman–Crippen LogP) is 2.82. The van der Waals surface area contributed by atoms with Crippen molar-refractivity contribution >= 4 is 40.4 Å². The number of nitrogen functional groups attached to an aromatic ring is 1. The topological polar surface area (TPSA) is 117 Å². The number of hydrogen-bond acceptors (Lipinski definition) is 5. The summed E-state index contributed by atoms with van der Waals surface area (Å²) in [5, 5.41) is 12.6. The lowest BCUT2D eigenvalue weighted by molar-refractivity contribution is -0.138. The summed E-state index contributed by atoms with van der Waals surface area (Å²) in [6.07, 6.45) is 1.05. The molecule has 0 saturated carbocycles. The number of alkyl carbamates (subject to hydrolysis) is 1. The molecule has 1 aromatic heterocycles. The Morgan fingerprint density at radius 2 is 2.12 bits per heavy atom. The highest BCUT2D eigenvalue weighted by Gasteiger charge is 2.24. The van der Waals surface area contributed by atoms with E-state index >= 15 is 0 Å². The van der Waals surface area contributed by atoms with E-state index in [4.69, 9.17) is 10.5 Å². The van der Waals surface area contributed by atoms with Gasteiger partial charge in [0.25, 0.3) is 0 Å². The van der Waals surface area contributed by atoms with Crippen LogP contribution in [0.3, 0.4) is 0 Å². The summed E-state index contributed by atoms with van der Waals surface area (Å²) in [4.78, 5) is 26.9. The Hall–Kier alpha value is -2.35. The van der Waals surface area contributed by atoms with Crippen LogP contribution in [0, 0.1) is 0 Å². The van der Waals surface area contributed by atoms with Crippen molar-refractivity contribution in [1.82, 2.24) is 10.3 Å². The molecule has 0 aliphatic rings. The molecule has 2 aromatic rings. The first kappa shape index (κ1) is 18.0. The largest absolute Gasteiger partial charge is 0.480 e. The molecule has 24 heavy (non-hydrogen) atoms. The average Bonchev–Trinajstić information content (AvgIpc) is 2.87. The van der Waals surface area contributed by atoms with Gasteiger partial charge in [0.15, 0.2) is 0 Å². The van der Waals surface area contributed by atoms with Gasteiger partial charge in [0.2, 0.25) is 0 Å². The molecule has 1 heterocycles. The van der Waals surface area contributed by atoms with Crippen LogP contribution < -0.4 is 11.1 Å². The van der Waals surface area contributed by atoms with Gasteiger partial charge in [-0.05, 0) is 39.0 Å². The molecule has 0 spiro atoms. The number of fused-ring (bicyclic) bond motifs is 1. The van der Waals surface area contributed by atoms with E-state index in [0.717, 1.165) is 15.8 Å². The van der Waals surface area contributed by atoms with E-state index < -0.39 is 23.7 Å². The number of thioether (sulfide) groups is 1. The minimum Gasteiger partial charge on any atom is -0.480 e. The molecule has 1 atom stereocenters. The molecule has 0 radical (unpaired) electrons. The number of nitrogens with two attached hydrogens (primary N) is 1. The van der Waals surface area contributed by atoms with Crippen molar-refractivity contribution in [2.45, 2.75) is 37.3 Å². The van der Waals surface area contributed by atoms with E-state index in [-0.39, 0.29) is 5.75 Å². The van der Waals surface area contributed by atoms with Gasteiger partial charge in [-0.15, -0.1) is 11.8 Å². The number of carboxylic acids is 1. The fourth-order valence-electron chi connectivity index (χ4n) is 2.02. The van der Waals surface area contributed by atoms with E-state index in [0.29, 0.717) is 5.69 Å². The molecule has 0 bridgehead atoms. The van der Waals surface area contributed by atoms with E-state index in [1.165, 1.54) is 11.8 Å². The number of nitrogens with one attached hydrogen (secondary N) is 2. The number of anilines is 1. The lowest BCUT2D eigenvalue weighted by atomic mass is 10.2. The molecular weight excluding hydrogens is 330 g/mol. The molecule has 130 valence electrons. The van der Waals surface area contributed by atoms with Gasteiger partial charge in [-0.3, -0.25) is 0 Å². The van der Waals surface area contributed by atoms with Crippen LogP contribution in [0.4, 0.5) is 10.5 Å². The highest BCUT2D eigenvalue weighted by Crippen LogP contribution is 2.30. The van der Waals surface area contributed by atoms with Crippen LogP contribution in [0.5, 0.6) is 0 Å². The number of ether oxygens (including phenoxy) is 1. The van der Waals surface area contributed by atoms with Gasteiger partial charge >= 0.3 is 12.1 Å². The number of carboxylic acid groups (broad SMARTS) is 1. The number of H-pyrrole nitrogens is 1. The quantitative estimate of drug-likeness (QED) is 0.486. The van der Waals surface area contributed by atoms with Crippen LogP contribution in [0.25, 0.3) is 10.9 Å². The lowest BCUT2D eigenvalue weighted by Gasteiger charge is -2.22. The van der Waals surface area contributed by atoms with Crippen molar-refractivity contribution < 1.29 is 19.4 Å². The predicted molar refractivity (Wildman–Crippen MR) is 94.2 cm³/mol. The van der Waals surface area contributed by atoms with Crippen molar-refractivity contribution in [3.8, 4) is 0 Å². The molecular formula is C16H21N3O4S. The van der Waals surface area contributed by atoms with E-state index in [1.807, 2.05) is 24.4 Å². The SMILES string of the molecule is CC(C)(C)OC(=O)N[C@@H](CSc1cc2[nH]ccc2cc1N)C(=O)O. The summed E-state index contributed by atoms with van der Waals surface area (Å²) in [7, 11) is 0. The highest BCUT2D eigenvalue weighted by atomic mass is 32.2. The van der Waals surface area contributed by atoms with E-state index in [1.54, 1.807) is 20.8 Å². The van der Waals surface area contributed by atoms with Gasteiger partial charge < -0.3 is 25.9 Å². The van der Waals surface area contributed by atoms with E-state index in [9.17, 15) is 14.7 Å². The number of carbonyl (C=O) groups is 2. The fourth-order valence-corrected chi connectivity index (χ4v) is 3.02. The summed E-state index contributed by atoms with van der Waals surface area (Å²) in [5.41, 5.74) is 6.79. The fraction of sp³-hybridized carbons (Fsp3) is 0.375. The first-order valence-corrected chi connectivity index (χ1v) is 8.36. The molecule has 0 aliphatic carbocycles. The number of aromatic amines is 1. The molecule has 5 N–H and O–H groups in total. The second-order valence-electron chi connectivity index (χ2n) is 6.30. The standard InChI is InChI=1S/C16H21N3O4S/c1-16(2,3)23-15(22)19-12(14(20)21)8-24-13-7-11-9(4-5-18-11)6-10(13)17/h4-7,12,18H,8,17H2,1-3H3,(H,19,22)(H,20,21)/t12-/m0/s1. The van der Waals surface area contributed by atoms with Gasteiger partial charge in [0.1, 0.15) is 11.6 Å². The Kier molecular flexibility index (Phi) is 5.28. The van der Waals surface area contributed by atoms with Crippen molar-refractivity contribution in [3.05, 3.63) is 24.4 Å². The van der Waals surface area contributed by atoms with E-state index in [2.05, 4.69) is 10.3 Å². The number of hydrogen-bond donors (Lipinski definition) is 4. The van der Waals surface area contributed by atoms with Crippen molar-refractivity contribution in [1.29, 1.82) is 0 Å². The first-order chi connectivity index (χ1) is 11.2. The number of aromatic nitrogens is 1. The normalized spacial score (nSPS) is 12.8. The third kappa shape index (κ3) is 4.82. The average molecular weight is 351 g/mol. The zero-order chi connectivity index (χ0) is 17.9. The number of rotatable bonds is 5. The summed E-state index contributed by atoms with van der Waals surface area (Å²) >= 11 is 1.27. The molecule has 2 rings (SSSR count). The zero-order valence-electron chi connectivity index (χ0n) is 13.8. The third-order valence-electron chi connectivity index (χ3n) is 3.08. The maximum absolute atomic E-state index is 11.8. The Labute approximate surface area is 143 Å². The lowest BCUT2D eigenvalue weighted by Crippen LogP contribution is -2.44. The van der Waals surface area contributed by atoms with Gasteiger partial charge in [-0.2, -0.15) is 0 Å². The van der Waals surface area contributed by atoms with Gasteiger partial charge in [0, 0.05) is 33.4 Å². The molecule has 1 aromatic carbocycles. The van der Waals surface area contributed by atoms with Crippen molar-refractivity contribution in [2.75, 3.05) is 11.5 Å². The minimum atomic E-state index is -1.13. The molecule has 0 aliphatic heterocycles. The smallest absolute Gasteiger partial charge is 0.408 e. The zero-order valence-corrected chi connectivity index (χ0v) is 14.6. The Bertz CT molecular complexity index is 751. The highest BCUT2D eigenvalue weighted by molar-refractivity contribution is 7.99. The second kappa shape index (κ2) is 7.04. The molecule has 1 amide bonds. The summed E-state index contributed by atoms with van der Waals surface area (Å²) in [5.74, 6) is -1.00. The number of benzene rings is 1. The maximum atomic E-state index is 11.8. The molecule has 0 unspecified atom stereocenters. The van der Waals surface area contributed by atoms with Crippen LogP contribution in [-0.4, -0.2) is 39.5 Å². The Morgan fingerprint density at radius 1 is 1.42 bits per heavy atom. The van der Waals surface area contributed by atoms with Crippen molar-refractivity contribution in [2.24, 2.45) is 0 Å². The Morgan fingerprint density at radius 3 is 2.75 bits per heavy atom.